The Kier molecular flexibility index (Phi) is 5.58. The van der Waals surface area contributed by atoms with Crippen LogP contribution in [0.1, 0.15) is 29.9 Å². The van der Waals surface area contributed by atoms with Gasteiger partial charge in [0.15, 0.2) is 0 Å². The van der Waals surface area contributed by atoms with Gasteiger partial charge in [0.1, 0.15) is 11.9 Å². The first-order chi connectivity index (χ1) is 14.1. The molecule has 0 aliphatic carbocycles. The number of halogens is 1. The Morgan fingerprint density at radius 2 is 1.86 bits per heavy atom. The molecule has 2 heterocycles. The van der Waals surface area contributed by atoms with Gasteiger partial charge in [0.25, 0.3) is 0 Å². The minimum Gasteiger partial charge on any atom is -0.350 e. The van der Waals surface area contributed by atoms with Gasteiger partial charge in [-0.3, -0.25) is 9.78 Å². The van der Waals surface area contributed by atoms with E-state index in [0.717, 1.165) is 28.0 Å². The lowest BCUT2D eigenvalue weighted by Gasteiger charge is -2.18. The molecule has 6 heteroatoms. The molecule has 146 valence electrons. The Morgan fingerprint density at radius 3 is 2.66 bits per heavy atom. The van der Waals surface area contributed by atoms with Gasteiger partial charge in [-0.05, 0) is 54.4 Å². The molecule has 0 saturated heterocycles. The molecule has 0 fully saturated rings. The lowest BCUT2D eigenvalue weighted by molar-refractivity contribution is -0.124. The molecule has 0 spiro atoms. The molecule has 1 unspecified atom stereocenters. The summed E-state index contributed by atoms with van der Waals surface area (Å²) >= 11 is 6.15. The molecule has 1 amide bonds. The number of rotatable bonds is 6. The Labute approximate surface area is 174 Å². The number of para-hydroxylation sites is 2. The third kappa shape index (κ3) is 4.30. The Balaban J connectivity index is 1.63. The maximum absolute atomic E-state index is 12.9. The van der Waals surface area contributed by atoms with E-state index in [1.54, 1.807) is 12.4 Å². The third-order valence-corrected chi connectivity index (χ3v) is 5.14. The highest BCUT2D eigenvalue weighted by molar-refractivity contribution is 6.30. The molecule has 0 saturated carbocycles. The first kappa shape index (κ1) is 19.2. The zero-order valence-electron chi connectivity index (χ0n) is 16.0. The number of carbonyl (C=O) groups excluding carboxylic acids is 1. The summed E-state index contributed by atoms with van der Waals surface area (Å²) in [5, 5.41) is 3.70. The zero-order valence-corrected chi connectivity index (χ0v) is 16.8. The lowest BCUT2D eigenvalue weighted by atomic mass is 10.1. The van der Waals surface area contributed by atoms with Crippen molar-refractivity contribution in [2.45, 2.75) is 25.9 Å². The molecule has 1 atom stereocenters. The van der Waals surface area contributed by atoms with E-state index in [-0.39, 0.29) is 5.91 Å². The highest BCUT2D eigenvalue weighted by Crippen LogP contribution is 2.24. The highest BCUT2D eigenvalue weighted by atomic mass is 35.5. The van der Waals surface area contributed by atoms with Crippen LogP contribution in [0.2, 0.25) is 5.02 Å². The summed E-state index contributed by atoms with van der Waals surface area (Å²) in [6.07, 6.45) is 4.03. The summed E-state index contributed by atoms with van der Waals surface area (Å²) in [6.45, 7) is 2.36. The van der Waals surface area contributed by atoms with Crippen LogP contribution in [-0.4, -0.2) is 20.4 Å². The molecule has 0 radical (unpaired) electrons. The van der Waals surface area contributed by atoms with Crippen LogP contribution >= 0.6 is 11.6 Å². The molecule has 5 nitrogen and oxygen atoms in total. The maximum atomic E-state index is 12.9. The van der Waals surface area contributed by atoms with Crippen molar-refractivity contribution < 1.29 is 4.79 Å². The zero-order chi connectivity index (χ0) is 20.2. The van der Waals surface area contributed by atoms with Gasteiger partial charge in [-0.1, -0.05) is 35.9 Å². The van der Waals surface area contributed by atoms with Gasteiger partial charge in [-0.25, -0.2) is 4.98 Å². The maximum Gasteiger partial charge on any atom is 0.243 e. The van der Waals surface area contributed by atoms with Crippen LogP contribution in [0.25, 0.3) is 11.0 Å². The van der Waals surface area contributed by atoms with Crippen molar-refractivity contribution in [2.24, 2.45) is 0 Å². The minimum absolute atomic E-state index is 0.0580. The summed E-state index contributed by atoms with van der Waals surface area (Å²) in [5.41, 5.74) is 3.88. The van der Waals surface area contributed by atoms with E-state index in [1.807, 2.05) is 72.2 Å². The number of amides is 1. The monoisotopic (exact) mass is 404 g/mol. The molecule has 29 heavy (non-hydrogen) atoms. The van der Waals surface area contributed by atoms with Gasteiger partial charge < -0.3 is 9.88 Å². The number of fused-ring (bicyclic) bond motifs is 1. The molecular weight excluding hydrogens is 384 g/mol. The topological polar surface area (TPSA) is 59.8 Å². The number of hydrogen-bond acceptors (Lipinski definition) is 3. The summed E-state index contributed by atoms with van der Waals surface area (Å²) in [6, 6.07) is 19.0. The van der Waals surface area contributed by atoms with Crippen molar-refractivity contribution in [3.05, 3.63) is 95.0 Å². The van der Waals surface area contributed by atoms with Gasteiger partial charge in [0.2, 0.25) is 5.91 Å². The molecule has 4 aromatic rings. The van der Waals surface area contributed by atoms with Gasteiger partial charge in [0.05, 0.1) is 11.0 Å². The molecule has 0 aliphatic rings. The van der Waals surface area contributed by atoms with E-state index in [9.17, 15) is 4.79 Å². The second kappa shape index (κ2) is 8.45. The fourth-order valence-corrected chi connectivity index (χ4v) is 3.65. The van der Waals surface area contributed by atoms with E-state index in [0.29, 0.717) is 18.0 Å². The summed E-state index contributed by atoms with van der Waals surface area (Å²) in [4.78, 5) is 21.7. The van der Waals surface area contributed by atoms with Gasteiger partial charge in [-0.15, -0.1) is 0 Å². The van der Waals surface area contributed by atoms with Crippen molar-refractivity contribution in [3.8, 4) is 0 Å². The van der Waals surface area contributed by atoms with Gasteiger partial charge >= 0.3 is 0 Å². The third-order valence-electron chi connectivity index (χ3n) is 4.90. The van der Waals surface area contributed by atoms with E-state index < -0.39 is 6.04 Å². The predicted molar refractivity (Wildman–Crippen MR) is 115 cm³/mol. The van der Waals surface area contributed by atoms with Crippen molar-refractivity contribution in [3.63, 3.8) is 0 Å². The largest absolute Gasteiger partial charge is 0.350 e. The fraction of sp³-hybridized carbons (Fsp3) is 0.174. The molecular formula is C23H21ClN4O. The number of benzene rings is 2. The van der Waals surface area contributed by atoms with Crippen LogP contribution in [0, 0.1) is 0 Å². The lowest BCUT2D eigenvalue weighted by Crippen LogP contribution is -2.31. The van der Waals surface area contributed by atoms with Crippen LogP contribution in [0.4, 0.5) is 0 Å². The minimum atomic E-state index is -0.404. The fourth-order valence-electron chi connectivity index (χ4n) is 3.44. The number of imidazole rings is 1. The Morgan fingerprint density at radius 1 is 1.07 bits per heavy atom. The first-order valence-corrected chi connectivity index (χ1v) is 9.86. The Hall–Kier alpha value is -3.18. The highest BCUT2D eigenvalue weighted by Gasteiger charge is 2.21. The number of hydrogen-bond donors (Lipinski definition) is 1. The molecule has 0 bridgehead atoms. The average molecular weight is 405 g/mol. The second-order valence-corrected chi connectivity index (χ2v) is 7.38. The van der Waals surface area contributed by atoms with Crippen molar-refractivity contribution >= 4 is 28.5 Å². The van der Waals surface area contributed by atoms with Crippen LogP contribution in [-0.2, 0) is 17.8 Å². The molecule has 1 N–H and O–H groups in total. The molecule has 4 rings (SSSR count). The standard InChI is InChI=1S/C23H21ClN4O/c1-16(23(29)26-15-17-9-11-25-12-10-17)28-21-8-3-2-7-20(21)27-22(28)14-18-5-4-6-19(24)13-18/h2-13,16H,14-15H2,1H3,(H,26,29). The number of aromatic nitrogens is 3. The Bertz CT molecular complexity index is 1140. The van der Waals surface area contributed by atoms with Crippen molar-refractivity contribution in [2.75, 3.05) is 0 Å². The smallest absolute Gasteiger partial charge is 0.243 e. The van der Waals surface area contributed by atoms with Crippen LogP contribution in [0.15, 0.2) is 73.1 Å². The van der Waals surface area contributed by atoms with E-state index >= 15 is 0 Å². The summed E-state index contributed by atoms with van der Waals surface area (Å²) < 4.78 is 2.01. The van der Waals surface area contributed by atoms with Crippen LogP contribution in [0.3, 0.4) is 0 Å². The van der Waals surface area contributed by atoms with E-state index in [4.69, 9.17) is 16.6 Å². The average Bonchev–Trinajstić information content (AvgIpc) is 3.10. The van der Waals surface area contributed by atoms with E-state index in [1.165, 1.54) is 0 Å². The van der Waals surface area contributed by atoms with Crippen LogP contribution < -0.4 is 5.32 Å². The molecule has 2 aromatic heterocycles. The van der Waals surface area contributed by atoms with E-state index in [2.05, 4.69) is 10.3 Å². The summed E-state index contributed by atoms with van der Waals surface area (Å²) in [5.74, 6) is 0.775. The predicted octanol–water partition coefficient (Wildman–Crippen LogP) is 4.55. The number of pyridine rings is 1. The summed E-state index contributed by atoms with van der Waals surface area (Å²) in [7, 11) is 0. The second-order valence-electron chi connectivity index (χ2n) is 6.94. The van der Waals surface area contributed by atoms with Gasteiger partial charge in [0, 0.05) is 30.4 Å². The number of carbonyl (C=O) groups is 1. The van der Waals surface area contributed by atoms with Crippen molar-refractivity contribution in [1.29, 1.82) is 0 Å². The SMILES string of the molecule is CC(C(=O)NCc1ccncc1)n1c(Cc2cccc(Cl)c2)nc2ccccc21. The number of nitrogens with zero attached hydrogens (tertiary/aromatic N) is 3. The molecule has 0 aliphatic heterocycles. The normalized spacial score (nSPS) is 12.1. The number of nitrogens with one attached hydrogen (secondary N) is 1. The van der Waals surface area contributed by atoms with Gasteiger partial charge in [-0.2, -0.15) is 0 Å². The quantitative estimate of drug-likeness (QED) is 0.512. The van der Waals surface area contributed by atoms with Crippen LogP contribution in [0.5, 0.6) is 0 Å². The van der Waals surface area contributed by atoms with Crippen molar-refractivity contribution in [1.82, 2.24) is 19.9 Å². The molecule has 2 aromatic carbocycles. The first-order valence-electron chi connectivity index (χ1n) is 9.49.